The van der Waals surface area contributed by atoms with Crippen molar-refractivity contribution in [2.24, 2.45) is 0 Å². The smallest absolute Gasteiger partial charge is 0.215 e. The van der Waals surface area contributed by atoms with E-state index in [4.69, 9.17) is 0 Å². The van der Waals surface area contributed by atoms with Gasteiger partial charge >= 0.3 is 0 Å². The maximum Gasteiger partial charge on any atom is 0.215 e. The molecule has 1 saturated heterocycles. The summed E-state index contributed by atoms with van der Waals surface area (Å²) >= 11 is 0. The highest BCUT2D eigenvalue weighted by atomic mass is 32.2. The van der Waals surface area contributed by atoms with Crippen LogP contribution in [0.25, 0.3) is 0 Å². The topological polar surface area (TPSA) is 49.4 Å². The molecule has 0 bridgehead atoms. The average molecular weight is 359 g/mol. The Morgan fingerprint density at radius 1 is 1.00 bits per heavy atom. The first-order chi connectivity index (χ1) is 12.1. The number of benzene rings is 2. The molecule has 2 aromatic rings. The first kappa shape index (κ1) is 18.1. The molecule has 1 atom stereocenters. The second-order valence-corrected chi connectivity index (χ2v) is 8.51. The fourth-order valence-corrected chi connectivity index (χ4v) is 4.67. The molecular weight excluding hydrogens is 332 g/mol. The van der Waals surface area contributed by atoms with Crippen molar-refractivity contribution in [2.75, 3.05) is 19.6 Å². The minimum absolute atomic E-state index is 0.0290. The number of hydrogen-bond acceptors (Lipinski definition) is 3. The molecule has 0 aliphatic carbocycles. The van der Waals surface area contributed by atoms with Crippen molar-refractivity contribution >= 4 is 10.0 Å². The van der Waals surface area contributed by atoms with Crippen molar-refractivity contribution in [3.63, 3.8) is 0 Å². The molecule has 1 heterocycles. The van der Waals surface area contributed by atoms with Crippen LogP contribution in [0.2, 0.25) is 0 Å². The third kappa shape index (κ3) is 4.91. The van der Waals surface area contributed by atoms with Gasteiger partial charge in [-0.2, -0.15) is 0 Å². The average Bonchev–Trinajstić information content (AvgIpc) is 3.12. The van der Waals surface area contributed by atoms with Crippen LogP contribution >= 0.6 is 0 Å². The summed E-state index contributed by atoms with van der Waals surface area (Å²) in [6, 6.07) is 17.9. The Balaban J connectivity index is 1.71. The van der Waals surface area contributed by atoms with Gasteiger partial charge in [-0.05, 0) is 49.5 Å². The lowest BCUT2D eigenvalue weighted by molar-refractivity contribution is 0.246. The lowest BCUT2D eigenvalue weighted by atomic mass is 10.1. The van der Waals surface area contributed by atoms with Crippen LogP contribution in [0.3, 0.4) is 0 Å². The Morgan fingerprint density at radius 2 is 1.64 bits per heavy atom. The number of rotatable bonds is 7. The van der Waals surface area contributed by atoms with Gasteiger partial charge in [0, 0.05) is 12.6 Å². The van der Waals surface area contributed by atoms with Crippen LogP contribution in [0, 0.1) is 6.92 Å². The quantitative estimate of drug-likeness (QED) is 0.826. The van der Waals surface area contributed by atoms with Gasteiger partial charge in [-0.15, -0.1) is 0 Å². The second-order valence-electron chi connectivity index (χ2n) is 6.70. The van der Waals surface area contributed by atoms with Crippen LogP contribution in [0.15, 0.2) is 54.6 Å². The van der Waals surface area contributed by atoms with Gasteiger partial charge in [-0.25, -0.2) is 13.1 Å². The van der Waals surface area contributed by atoms with E-state index in [-0.39, 0.29) is 11.8 Å². The maximum absolute atomic E-state index is 12.6. The number of nitrogens with one attached hydrogen (secondary N) is 1. The summed E-state index contributed by atoms with van der Waals surface area (Å²) in [6.45, 7) is 4.41. The largest absolute Gasteiger partial charge is 0.295 e. The molecule has 0 aromatic heterocycles. The third-order valence-corrected chi connectivity index (χ3v) is 6.17. The minimum atomic E-state index is -3.37. The normalized spacial score (nSPS) is 16.8. The van der Waals surface area contributed by atoms with Gasteiger partial charge in [0.1, 0.15) is 0 Å². The van der Waals surface area contributed by atoms with Crippen molar-refractivity contribution < 1.29 is 8.42 Å². The molecule has 0 radical (unpaired) electrons. The number of aryl methyl sites for hydroxylation is 1. The van der Waals surface area contributed by atoms with Gasteiger partial charge in [0.2, 0.25) is 10.0 Å². The van der Waals surface area contributed by atoms with Crippen molar-refractivity contribution in [2.45, 2.75) is 31.6 Å². The van der Waals surface area contributed by atoms with E-state index in [2.05, 4.69) is 21.8 Å². The van der Waals surface area contributed by atoms with Crippen LogP contribution in [0.1, 0.15) is 35.6 Å². The molecule has 0 saturated carbocycles. The van der Waals surface area contributed by atoms with Crippen molar-refractivity contribution in [1.82, 2.24) is 9.62 Å². The van der Waals surface area contributed by atoms with Crippen LogP contribution < -0.4 is 4.72 Å². The van der Waals surface area contributed by atoms with Crippen LogP contribution in [0.4, 0.5) is 0 Å². The Labute approximate surface area is 150 Å². The number of hydrogen-bond donors (Lipinski definition) is 1. The lowest BCUT2D eigenvalue weighted by Crippen LogP contribution is -2.37. The van der Waals surface area contributed by atoms with Crippen molar-refractivity contribution in [3.8, 4) is 0 Å². The van der Waals surface area contributed by atoms with Crippen LogP contribution in [0.5, 0.6) is 0 Å². The van der Waals surface area contributed by atoms with E-state index in [1.54, 1.807) is 0 Å². The number of likely N-dealkylation sites (tertiary alicyclic amines) is 1. The summed E-state index contributed by atoms with van der Waals surface area (Å²) < 4.78 is 28.0. The summed E-state index contributed by atoms with van der Waals surface area (Å²) in [4.78, 5) is 2.38. The highest BCUT2D eigenvalue weighted by molar-refractivity contribution is 7.88. The molecule has 2 aromatic carbocycles. The van der Waals surface area contributed by atoms with Crippen LogP contribution in [-0.4, -0.2) is 33.0 Å². The van der Waals surface area contributed by atoms with Crippen molar-refractivity contribution in [1.29, 1.82) is 0 Å². The number of sulfonamides is 1. The highest BCUT2D eigenvalue weighted by Crippen LogP contribution is 2.24. The molecule has 1 aliphatic heterocycles. The highest BCUT2D eigenvalue weighted by Gasteiger charge is 2.25. The van der Waals surface area contributed by atoms with Gasteiger partial charge in [0.25, 0.3) is 0 Å². The molecule has 25 heavy (non-hydrogen) atoms. The molecule has 0 amide bonds. The first-order valence-corrected chi connectivity index (χ1v) is 10.5. The Kier molecular flexibility index (Phi) is 5.89. The Hall–Kier alpha value is -1.69. The molecule has 1 aliphatic rings. The standard InChI is InChI=1S/C20H26N2O2S/c1-17-9-5-6-12-19(17)16-25(23,24)21-15-20(22-13-7-8-14-22)18-10-3-2-4-11-18/h2-6,9-12,20-21H,7-8,13-16H2,1H3. The Bertz CT molecular complexity index is 784. The summed E-state index contributed by atoms with van der Waals surface area (Å²) in [5.41, 5.74) is 3.03. The maximum atomic E-state index is 12.6. The molecular formula is C20H26N2O2S. The zero-order chi connectivity index (χ0) is 17.7. The zero-order valence-corrected chi connectivity index (χ0v) is 15.5. The molecule has 3 rings (SSSR count). The van der Waals surface area contributed by atoms with Gasteiger partial charge in [-0.3, -0.25) is 4.90 Å². The minimum Gasteiger partial charge on any atom is -0.295 e. The van der Waals surface area contributed by atoms with Gasteiger partial charge in [-0.1, -0.05) is 54.6 Å². The summed E-state index contributed by atoms with van der Waals surface area (Å²) in [6.07, 6.45) is 2.36. The third-order valence-electron chi connectivity index (χ3n) is 4.87. The predicted octanol–water partition coefficient (Wildman–Crippen LogP) is 3.25. The van der Waals surface area contributed by atoms with E-state index in [0.717, 1.165) is 24.2 Å². The summed E-state index contributed by atoms with van der Waals surface area (Å²) in [7, 11) is -3.37. The first-order valence-electron chi connectivity index (χ1n) is 8.86. The van der Waals surface area contributed by atoms with E-state index in [0.29, 0.717) is 6.54 Å². The fourth-order valence-electron chi connectivity index (χ4n) is 3.42. The van der Waals surface area contributed by atoms with Crippen LogP contribution in [-0.2, 0) is 15.8 Å². The summed E-state index contributed by atoms with van der Waals surface area (Å²) in [5.74, 6) is 0.0290. The molecule has 1 N–H and O–H groups in total. The Morgan fingerprint density at radius 3 is 2.32 bits per heavy atom. The second kappa shape index (κ2) is 8.13. The van der Waals surface area contributed by atoms with E-state index in [9.17, 15) is 8.42 Å². The SMILES string of the molecule is Cc1ccccc1CS(=O)(=O)NCC(c1ccccc1)N1CCCC1. The van der Waals surface area contributed by atoms with E-state index < -0.39 is 10.0 Å². The van der Waals surface area contributed by atoms with E-state index in [1.165, 1.54) is 18.4 Å². The molecule has 4 nitrogen and oxygen atoms in total. The predicted molar refractivity (Wildman–Crippen MR) is 102 cm³/mol. The molecule has 1 unspecified atom stereocenters. The number of nitrogens with zero attached hydrogens (tertiary/aromatic N) is 1. The molecule has 134 valence electrons. The molecule has 0 spiro atoms. The lowest BCUT2D eigenvalue weighted by Gasteiger charge is -2.28. The van der Waals surface area contributed by atoms with E-state index >= 15 is 0 Å². The fraction of sp³-hybridized carbons (Fsp3) is 0.400. The van der Waals surface area contributed by atoms with E-state index in [1.807, 2.05) is 49.4 Å². The molecule has 5 heteroatoms. The van der Waals surface area contributed by atoms with Gasteiger partial charge < -0.3 is 0 Å². The molecule has 1 fully saturated rings. The monoisotopic (exact) mass is 358 g/mol. The van der Waals surface area contributed by atoms with Gasteiger partial charge in [0.05, 0.1) is 5.75 Å². The van der Waals surface area contributed by atoms with Crippen molar-refractivity contribution in [3.05, 3.63) is 71.3 Å². The summed E-state index contributed by atoms with van der Waals surface area (Å²) in [5, 5.41) is 0. The van der Waals surface area contributed by atoms with Gasteiger partial charge in [0.15, 0.2) is 0 Å². The zero-order valence-electron chi connectivity index (χ0n) is 14.7.